The average molecular weight is 321 g/mol. The van der Waals surface area contributed by atoms with Crippen molar-refractivity contribution >= 4 is 15.9 Å². The van der Waals surface area contributed by atoms with Gasteiger partial charge in [0.2, 0.25) is 0 Å². The van der Waals surface area contributed by atoms with Crippen LogP contribution in [0.3, 0.4) is 0 Å². The minimum atomic E-state index is -0.240. The van der Waals surface area contributed by atoms with E-state index in [1.165, 1.54) is 25.0 Å². The van der Waals surface area contributed by atoms with Gasteiger partial charge >= 0.3 is 0 Å². The SMILES string of the molecule is Cc1cc(F)cc(-c2ncc(CBr)c(C3CC3)n2)c1. The number of alkyl halides is 1. The van der Waals surface area contributed by atoms with E-state index in [0.717, 1.165) is 27.7 Å². The summed E-state index contributed by atoms with van der Waals surface area (Å²) in [6.45, 7) is 1.88. The van der Waals surface area contributed by atoms with Crippen LogP contribution in [0.2, 0.25) is 0 Å². The van der Waals surface area contributed by atoms with Crippen LogP contribution in [0.5, 0.6) is 0 Å². The van der Waals surface area contributed by atoms with Gasteiger partial charge in [-0.05, 0) is 43.5 Å². The summed E-state index contributed by atoms with van der Waals surface area (Å²) in [4.78, 5) is 9.02. The second kappa shape index (κ2) is 5.00. The van der Waals surface area contributed by atoms with E-state index in [-0.39, 0.29) is 5.82 Å². The van der Waals surface area contributed by atoms with Crippen molar-refractivity contribution in [3.8, 4) is 11.4 Å². The van der Waals surface area contributed by atoms with E-state index in [0.29, 0.717) is 11.7 Å². The first-order valence-corrected chi connectivity index (χ1v) is 7.49. The number of rotatable bonds is 3. The highest BCUT2D eigenvalue weighted by Crippen LogP contribution is 2.41. The lowest BCUT2D eigenvalue weighted by Gasteiger charge is -2.08. The van der Waals surface area contributed by atoms with Crippen LogP contribution in [0.1, 0.15) is 35.6 Å². The molecule has 0 amide bonds. The number of hydrogen-bond donors (Lipinski definition) is 0. The number of benzene rings is 1. The number of hydrogen-bond acceptors (Lipinski definition) is 2. The Kier molecular flexibility index (Phi) is 3.35. The normalized spacial score (nSPS) is 14.7. The number of halogens is 2. The average Bonchev–Trinajstić information content (AvgIpc) is 3.21. The van der Waals surface area contributed by atoms with Crippen molar-refractivity contribution in [2.45, 2.75) is 31.0 Å². The lowest BCUT2D eigenvalue weighted by atomic mass is 10.1. The van der Waals surface area contributed by atoms with Crippen molar-refractivity contribution in [2.75, 3.05) is 0 Å². The van der Waals surface area contributed by atoms with Crippen molar-refractivity contribution in [1.82, 2.24) is 9.97 Å². The van der Waals surface area contributed by atoms with E-state index < -0.39 is 0 Å². The smallest absolute Gasteiger partial charge is 0.159 e. The zero-order valence-corrected chi connectivity index (χ0v) is 12.2. The molecule has 4 heteroatoms. The molecule has 1 saturated carbocycles. The summed E-state index contributed by atoms with van der Waals surface area (Å²) in [6, 6.07) is 4.92. The zero-order chi connectivity index (χ0) is 13.4. The fraction of sp³-hybridized carbons (Fsp3) is 0.333. The molecule has 0 radical (unpaired) electrons. The molecule has 1 aliphatic rings. The molecule has 0 spiro atoms. The highest BCUT2D eigenvalue weighted by Gasteiger charge is 2.28. The fourth-order valence-electron chi connectivity index (χ4n) is 2.24. The quantitative estimate of drug-likeness (QED) is 0.785. The van der Waals surface area contributed by atoms with Crippen LogP contribution >= 0.6 is 15.9 Å². The van der Waals surface area contributed by atoms with Crippen LogP contribution in [0.25, 0.3) is 11.4 Å². The molecule has 1 aliphatic carbocycles. The summed E-state index contributed by atoms with van der Waals surface area (Å²) in [5, 5.41) is 0.765. The van der Waals surface area contributed by atoms with Gasteiger partial charge in [-0.15, -0.1) is 0 Å². The van der Waals surface area contributed by atoms with Crippen molar-refractivity contribution in [3.05, 3.63) is 47.0 Å². The minimum absolute atomic E-state index is 0.240. The van der Waals surface area contributed by atoms with Crippen LogP contribution < -0.4 is 0 Å². The molecular weight excluding hydrogens is 307 g/mol. The summed E-state index contributed by atoms with van der Waals surface area (Å²) >= 11 is 3.47. The van der Waals surface area contributed by atoms with E-state index in [2.05, 4.69) is 25.9 Å². The molecule has 0 atom stereocenters. The molecule has 1 heterocycles. The molecule has 0 bridgehead atoms. The molecule has 0 saturated heterocycles. The van der Waals surface area contributed by atoms with Gasteiger partial charge in [0.05, 0.1) is 5.69 Å². The van der Waals surface area contributed by atoms with Gasteiger partial charge in [0, 0.05) is 28.6 Å². The maximum atomic E-state index is 13.5. The van der Waals surface area contributed by atoms with Gasteiger partial charge in [0.15, 0.2) is 5.82 Å². The maximum Gasteiger partial charge on any atom is 0.159 e. The third kappa shape index (κ3) is 2.68. The molecule has 1 aromatic heterocycles. The highest BCUT2D eigenvalue weighted by atomic mass is 79.9. The second-order valence-corrected chi connectivity index (χ2v) is 5.59. The third-order valence-corrected chi connectivity index (χ3v) is 3.91. The molecule has 2 aromatic rings. The van der Waals surface area contributed by atoms with Gasteiger partial charge in [-0.2, -0.15) is 0 Å². The first-order valence-electron chi connectivity index (χ1n) is 6.36. The van der Waals surface area contributed by atoms with E-state index in [1.807, 2.05) is 19.2 Å². The van der Waals surface area contributed by atoms with E-state index in [9.17, 15) is 4.39 Å². The Labute approximate surface area is 120 Å². The summed E-state index contributed by atoms with van der Waals surface area (Å²) in [5.74, 6) is 0.939. The predicted octanol–water partition coefficient (Wildman–Crippen LogP) is 4.36. The summed E-state index contributed by atoms with van der Waals surface area (Å²) < 4.78 is 13.5. The molecule has 3 rings (SSSR count). The van der Waals surface area contributed by atoms with Crippen molar-refractivity contribution in [2.24, 2.45) is 0 Å². The van der Waals surface area contributed by atoms with Crippen LogP contribution in [0.15, 0.2) is 24.4 Å². The van der Waals surface area contributed by atoms with Crippen molar-refractivity contribution in [3.63, 3.8) is 0 Å². The first-order chi connectivity index (χ1) is 9.17. The Morgan fingerprint density at radius 3 is 2.74 bits per heavy atom. The molecule has 2 nitrogen and oxygen atoms in total. The van der Waals surface area contributed by atoms with Gasteiger partial charge in [0.25, 0.3) is 0 Å². The van der Waals surface area contributed by atoms with Gasteiger partial charge in [-0.25, -0.2) is 14.4 Å². The minimum Gasteiger partial charge on any atom is -0.236 e. The number of aryl methyl sites for hydroxylation is 1. The van der Waals surface area contributed by atoms with E-state index >= 15 is 0 Å². The zero-order valence-electron chi connectivity index (χ0n) is 10.7. The van der Waals surface area contributed by atoms with Gasteiger partial charge < -0.3 is 0 Å². The van der Waals surface area contributed by atoms with E-state index in [4.69, 9.17) is 0 Å². The lowest BCUT2D eigenvalue weighted by Crippen LogP contribution is -1.99. The summed E-state index contributed by atoms with van der Waals surface area (Å²) in [5.41, 5.74) is 3.89. The molecule has 0 unspecified atom stereocenters. The van der Waals surface area contributed by atoms with Crippen LogP contribution in [0.4, 0.5) is 4.39 Å². The molecular formula is C15H14BrFN2. The standard InChI is InChI=1S/C15H14BrFN2/c1-9-4-11(6-13(17)5-9)15-18-8-12(7-16)14(19-15)10-2-3-10/h4-6,8,10H,2-3,7H2,1H3. The Balaban J connectivity index is 2.07. The third-order valence-electron chi connectivity index (χ3n) is 3.31. The Hall–Kier alpha value is -1.29. The van der Waals surface area contributed by atoms with Crippen molar-refractivity contribution < 1.29 is 4.39 Å². The van der Waals surface area contributed by atoms with Crippen LogP contribution in [-0.2, 0) is 5.33 Å². The first kappa shape index (κ1) is 12.7. The second-order valence-electron chi connectivity index (χ2n) is 5.03. The molecule has 0 N–H and O–H groups in total. The Bertz CT molecular complexity index is 603. The molecule has 98 valence electrons. The summed E-state index contributed by atoms with van der Waals surface area (Å²) in [6.07, 6.45) is 4.24. The Morgan fingerprint density at radius 1 is 1.32 bits per heavy atom. The number of aromatic nitrogens is 2. The van der Waals surface area contributed by atoms with E-state index in [1.54, 1.807) is 0 Å². The highest BCUT2D eigenvalue weighted by molar-refractivity contribution is 9.08. The summed E-state index contributed by atoms with van der Waals surface area (Å²) in [7, 11) is 0. The van der Waals surface area contributed by atoms with Crippen LogP contribution in [0, 0.1) is 12.7 Å². The van der Waals surface area contributed by atoms with Gasteiger partial charge in [-0.3, -0.25) is 0 Å². The fourth-order valence-corrected chi connectivity index (χ4v) is 2.67. The maximum absolute atomic E-state index is 13.5. The molecule has 0 aliphatic heterocycles. The van der Waals surface area contributed by atoms with Gasteiger partial charge in [0.1, 0.15) is 5.82 Å². The molecule has 19 heavy (non-hydrogen) atoms. The Morgan fingerprint density at radius 2 is 2.11 bits per heavy atom. The van der Waals surface area contributed by atoms with Crippen molar-refractivity contribution in [1.29, 1.82) is 0 Å². The monoisotopic (exact) mass is 320 g/mol. The molecule has 1 aromatic carbocycles. The number of nitrogens with zero attached hydrogens (tertiary/aromatic N) is 2. The van der Waals surface area contributed by atoms with Gasteiger partial charge in [-0.1, -0.05) is 15.9 Å². The largest absolute Gasteiger partial charge is 0.236 e. The lowest BCUT2D eigenvalue weighted by molar-refractivity contribution is 0.627. The topological polar surface area (TPSA) is 25.8 Å². The molecule has 1 fully saturated rings. The predicted molar refractivity (Wildman–Crippen MR) is 76.8 cm³/mol. The van der Waals surface area contributed by atoms with Crippen LogP contribution in [-0.4, -0.2) is 9.97 Å².